The van der Waals surface area contributed by atoms with Gasteiger partial charge in [-0.05, 0) is 42.4 Å². The molecule has 1 aliphatic heterocycles. The number of nitrogens with two attached hydrogens (primary N) is 1. The molecule has 0 aliphatic carbocycles. The molecule has 18 heavy (non-hydrogen) atoms. The predicted octanol–water partition coefficient (Wildman–Crippen LogP) is 2.73. The van der Waals surface area contributed by atoms with E-state index in [-0.39, 0.29) is 11.4 Å². The van der Waals surface area contributed by atoms with Crippen molar-refractivity contribution in [3.05, 3.63) is 28.3 Å². The summed E-state index contributed by atoms with van der Waals surface area (Å²) in [5.74, 6) is 2.98. The minimum atomic E-state index is -0.422. The first-order valence-electron chi connectivity index (χ1n) is 6.03. The molecular weight excluding hydrogens is 250 g/mol. The Morgan fingerprint density at radius 2 is 2.17 bits per heavy atom. The number of thioether (sulfide) groups is 1. The molecule has 0 aromatic heterocycles. The smallest absolute Gasteiger partial charge is 0.314 e. The van der Waals surface area contributed by atoms with Crippen molar-refractivity contribution in [2.24, 2.45) is 5.92 Å². The summed E-state index contributed by atoms with van der Waals surface area (Å²) in [4.78, 5) is 10.6. The normalized spacial score (nSPS) is 16.4. The monoisotopic (exact) mass is 267 g/mol. The molecule has 0 atom stereocenters. The van der Waals surface area contributed by atoms with Crippen LogP contribution >= 0.6 is 11.8 Å². The lowest BCUT2D eigenvalue weighted by molar-refractivity contribution is -0.383. The van der Waals surface area contributed by atoms with Crippen LogP contribution in [0.2, 0.25) is 0 Å². The van der Waals surface area contributed by atoms with Gasteiger partial charge in [0.25, 0.3) is 0 Å². The Morgan fingerprint density at radius 3 is 2.83 bits per heavy atom. The van der Waals surface area contributed by atoms with E-state index in [0.29, 0.717) is 11.6 Å². The molecule has 0 spiro atoms. The second-order valence-corrected chi connectivity index (χ2v) is 5.66. The van der Waals surface area contributed by atoms with Gasteiger partial charge in [-0.25, -0.2) is 0 Å². The Bertz CT molecular complexity index is 433. The molecule has 0 saturated carbocycles. The Kier molecular flexibility index (Phi) is 4.30. The van der Waals surface area contributed by atoms with Gasteiger partial charge in [0, 0.05) is 6.54 Å². The molecule has 0 bridgehead atoms. The highest BCUT2D eigenvalue weighted by Crippen LogP contribution is 2.31. The topological polar surface area (TPSA) is 81.2 Å². The second kappa shape index (κ2) is 5.95. The number of para-hydroxylation sites is 1. The fourth-order valence-corrected chi connectivity index (χ4v) is 3.32. The van der Waals surface area contributed by atoms with E-state index in [9.17, 15) is 10.1 Å². The fraction of sp³-hybridized carbons (Fsp3) is 0.500. The highest BCUT2D eigenvalue weighted by atomic mass is 32.2. The van der Waals surface area contributed by atoms with E-state index in [0.717, 1.165) is 6.54 Å². The minimum absolute atomic E-state index is 0.0114. The van der Waals surface area contributed by atoms with Crippen molar-refractivity contribution in [2.45, 2.75) is 12.8 Å². The van der Waals surface area contributed by atoms with Crippen molar-refractivity contribution in [1.29, 1.82) is 0 Å². The highest BCUT2D eigenvalue weighted by molar-refractivity contribution is 7.99. The van der Waals surface area contributed by atoms with Gasteiger partial charge in [-0.15, -0.1) is 0 Å². The van der Waals surface area contributed by atoms with Crippen LogP contribution in [0.4, 0.5) is 17.1 Å². The van der Waals surface area contributed by atoms with E-state index in [4.69, 9.17) is 5.73 Å². The third kappa shape index (κ3) is 3.07. The first-order chi connectivity index (χ1) is 8.68. The van der Waals surface area contributed by atoms with Crippen LogP contribution in [0.5, 0.6) is 0 Å². The molecular formula is C12H17N3O2S. The van der Waals surface area contributed by atoms with Crippen molar-refractivity contribution < 1.29 is 4.92 Å². The van der Waals surface area contributed by atoms with Crippen LogP contribution in [0.25, 0.3) is 0 Å². The van der Waals surface area contributed by atoms with Crippen molar-refractivity contribution in [1.82, 2.24) is 0 Å². The maximum absolute atomic E-state index is 11.0. The standard InChI is InChI=1S/C12H17N3O2S/c13-10-2-1-3-11(12(10)15(16)17)14-8-9-4-6-18-7-5-9/h1-3,9,14H,4-8,13H2. The number of hydrogen-bond acceptors (Lipinski definition) is 5. The largest absolute Gasteiger partial charge is 0.393 e. The number of benzene rings is 1. The number of nitrogens with one attached hydrogen (secondary N) is 1. The summed E-state index contributed by atoms with van der Waals surface area (Å²) < 4.78 is 0. The third-order valence-electron chi connectivity index (χ3n) is 3.17. The Morgan fingerprint density at radius 1 is 1.44 bits per heavy atom. The highest BCUT2D eigenvalue weighted by Gasteiger charge is 2.19. The molecule has 1 aromatic rings. The van der Waals surface area contributed by atoms with Crippen LogP contribution < -0.4 is 11.1 Å². The van der Waals surface area contributed by atoms with E-state index < -0.39 is 4.92 Å². The summed E-state index contributed by atoms with van der Waals surface area (Å²) >= 11 is 1.97. The molecule has 1 fully saturated rings. The lowest BCUT2D eigenvalue weighted by atomic mass is 10.0. The lowest BCUT2D eigenvalue weighted by Crippen LogP contribution is -2.19. The van der Waals surface area contributed by atoms with Crippen molar-refractivity contribution in [3.63, 3.8) is 0 Å². The van der Waals surface area contributed by atoms with Gasteiger partial charge in [0.1, 0.15) is 11.4 Å². The number of anilines is 2. The molecule has 0 radical (unpaired) electrons. The summed E-state index contributed by atoms with van der Waals surface area (Å²) in [6.45, 7) is 0.783. The van der Waals surface area contributed by atoms with Crippen LogP contribution in [0.3, 0.4) is 0 Å². The Hall–Kier alpha value is -1.43. The van der Waals surface area contributed by atoms with Gasteiger partial charge in [0.2, 0.25) is 0 Å². The lowest BCUT2D eigenvalue weighted by Gasteiger charge is -2.22. The van der Waals surface area contributed by atoms with Gasteiger partial charge in [0.05, 0.1) is 4.92 Å². The van der Waals surface area contributed by atoms with Crippen LogP contribution in [-0.4, -0.2) is 23.0 Å². The molecule has 1 aromatic carbocycles. The van der Waals surface area contributed by atoms with E-state index >= 15 is 0 Å². The molecule has 0 amide bonds. The van der Waals surface area contributed by atoms with Crippen LogP contribution in [0.15, 0.2) is 18.2 Å². The zero-order valence-corrected chi connectivity index (χ0v) is 10.9. The van der Waals surface area contributed by atoms with Crippen molar-refractivity contribution in [3.8, 4) is 0 Å². The molecule has 1 heterocycles. The molecule has 5 nitrogen and oxygen atoms in total. The minimum Gasteiger partial charge on any atom is -0.393 e. The summed E-state index contributed by atoms with van der Waals surface area (Å²) in [5.41, 5.74) is 6.37. The number of nitrogen functional groups attached to an aromatic ring is 1. The molecule has 1 aliphatic rings. The van der Waals surface area contributed by atoms with Crippen molar-refractivity contribution in [2.75, 3.05) is 29.1 Å². The van der Waals surface area contributed by atoms with Gasteiger partial charge in [0.15, 0.2) is 0 Å². The zero-order chi connectivity index (χ0) is 13.0. The van der Waals surface area contributed by atoms with Gasteiger partial charge < -0.3 is 11.1 Å². The molecule has 2 rings (SSSR count). The molecule has 98 valence electrons. The summed E-state index contributed by atoms with van der Waals surface area (Å²) in [6, 6.07) is 5.01. The second-order valence-electron chi connectivity index (χ2n) is 4.44. The predicted molar refractivity (Wildman–Crippen MR) is 76.0 cm³/mol. The zero-order valence-electron chi connectivity index (χ0n) is 10.1. The molecule has 0 unspecified atom stereocenters. The number of rotatable bonds is 4. The summed E-state index contributed by atoms with van der Waals surface area (Å²) in [6.07, 6.45) is 2.35. The number of hydrogen-bond donors (Lipinski definition) is 2. The van der Waals surface area contributed by atoms with Crippen molar-refractivity contribution >= 4 is 28.8 Å². The molecule has 1 saturated heterocycles. The first-order valence-corrected chi connectivity index (χ1v) is 7.18. The first kappa shape index (κ1) is 13.0. The Labute approximate surface area is 110 Å². The van der Waals surface area contributed by atoms with Crippen LogP contribution in [0.1, 0.15) is 12.8 Å². The van der Waals surface area contributed by atoms with E-state index in [1.54, 1.807) is 18.2 Å². The molecule has 6 heteroatoms. The summed E-state index contributed by atoms with van der Waals surface area (Å²) in [7, 11) is 0. The van der Waals surface area contributed by atoms with Gasteiger partial charge in [-0.3, -0.25) is 10.1 Å². The SMILES string of the molecule is Nc1cccc(NCC2CCSCC2)c1[N+](=O)[O-]. The average molecular weight is 267 g/mol. The van der Waals surface area contributed by atoms with Crippen LogP contribution in [-0.2, 0) is 0 Å². The maximum Gasteiger partial charge on any atom is 0.314 e. The van der Waals surface area contributed by atoms with Gasteiger partial charge in [-0.1, -0.05) is 6.07 Å². The third-order valence-corrected chi connectivity index (χ3v) is 4.22. The van der Waals surface area contributed by atoms with Gasteiger partial charge >= 0.3 is 5.69 Å². The number of nitro groups is 1. The Balaban J connectivity index is 2.04. The van der Waals surface area contributed by atoms with E-state index in [2.05, 4.69) is 5.32 Å². The fourth-order valence-electron chi connectivity index (χ4n) is 2.11. The van der Waals surface area contributed by atoms with Crippen LogP contribution in [0, 0.1) is 16.0 Å². The van der Waals surface area contributed by atoms with E-state index in [1.807, 2.05) is 11.8 Å². The quantitative estimate of drug-likeness (QED) is 0.498. The summed E-state index contributed by atoms with van der Waals surface area (Å²) in [5, 5.41) is 14.2. The number of nitro benzene ring substituents is 1. The van der Waals surface area contributed by atoms with E-state index in [1.165, 1.54) is 24.3 Å². The number of nitrogens with zero attached hydrogens (tertiary/aromatic N) is 1. The maximum atomic E-state index is 11.0. The average Bonchev–Trinajstić information content (AvgIpc) is 2.37. The van der Waals surface area contributed by atoms with Gasteiger partial charge in [-0.2, -0.15) is 11.8 Å². The molecule has 3 N–H and O–H groups in total.